The Bertz CT molecular complexity index is 578. The van der Waals surface area contributed by atoms with E-state index in [2.05, 4.69) is 5.10 Å². The normalized spacial score (nSPS) is 10.9. The van der Waals surface area contributed by atoms with Crippen LogP contribution in [-0.2, 0) is 13.1 Å². The molecule has 3 nitrogen and oxygen atoms in total. The van der Waals surface area contributed by atoms with Crippen molar-refractivity contribution >= 4 is 11.6 Å². The lowest BCUT2D eigenvalue weighted by Gasteiger charge is -2.06. The molecule has 2 N–H and O–H groups in total. The van der Waals surface area contributed by atoms with Gasteiger partial charge in [0.25, 0.3) is 0 Å². The number of nitrogens with zero attached hydrogens (tertiary/aromatic N) is 2. The molecular formula is C13H15ClFN3. The summed E-state index contributed by atoms with van der Waals surface area (Å²) in [6, 6.07) is 4.78. The molecule has 0 radical (unpaired) electrons. The van der Waals surface area contributed by atoms with Gasteiger partial charge in [-0.2, -0.15) is 5.10 Å². The minimum absolute atomic E-state index is 0.134. The SMILES string of the molecule is Cc1nn(Cc2ccc(Cl)c(F)c2)c(C)c1CN. The van der Waals surface area contributed by atoms with Crippen LogP contribution in [0.4, 0.5) is 4.39 Å². The number of rotatable bonds is 3. The van der Waals surface area contributed by atoms with E-state index in [1.54, 1.807) is 12.1 Å². The van der Waals surface area contributed by atoms with Crippen molar-refractivity contribution in [2.45, 2.75) is 26.9 Å². The van der Waals surface area contributed by atoms with Crippen LogP contribution in [0.2, 0.25) is 5.02 Å². The van der Waals surface area contributed by atoms with E-state index in [1.807, 2.05) is 18.5 Å². The highest BCUT2D eigenvalue weighted by atomic mass is 35.5. The Hall–Kier alpha value is -1.39. The van der Waals surface area contributed by atoms with Gasteiger partial charge in [0.05, 0.1) is 17.3 Å². The van der Waals surface area contributed by atoms with Crippen molar-refractivity contribution < 1.29 is 4.39 Å². The van der Waals surface area contributed by atoms with Gasteiger partial charge in [-0.3, -0.25) is 4.68 Å². The van der Waals surface area contributed by atoms with Crippen LogP contribution in [0.25, 0.3) is 0 Å². The average Bonchev–Trinajstić information content (AvgIpc) is 2.59. The summed E-state index contributed by atoms with van der Waals surface area (Å²) in [5, 5.41) is 4.54. The molecule has 0 spiro atoms. The summed E-state index contributed by atoms with van der Waals surface area (Å²) in [4.78, 5) is 0. The molecule has 96 valence electrons. The van der Waals surface area contributed by atoms with Gasteiger partial charge in [-0.15, -0.1) is 0 Å². The summed E-state index contributed by atoms with van der Waals surface area (Å²) in [6.45, 7) is 4.87. The molecule has 2 rings (SSSR count). The largest absolute Gasteiger partial charge is 0.326 e. The fourth-order valence-corrected chi connectivity index (χ4v) is 2.11. The number of halogens is 2. The highest BCUT2D eigenvalue weighted by Crippen LogP contribution is 2.18. The molecule has 0 aliphatic carbocycles. The van der Waals surface area contributed by atoms with E-state index in [0.717, 1.165) is 22.5 Å². The van der Waals surface area contributed by atoms with Crippen LogP contribution in [0.3, 0.4) is 0 Å². The molecule has 1 aromatic heterocycles. The van der Waals surface area contributed by atoms with E-state index in [9.17, 15) is 4.39 Å². The van der Waals surface area contributed by atoms with Gasteiger partial charge in [0, 0.05) is 17.8 Å². The maximum atomic E-state index is 13.4. The summed E-state index contributed by atoms with van der Waals surface area (Å²) in [5.41, 5.74) is 9.48. The van der Waals surface area contributed by atoms with Crippen molar-refractivity contribution in [2.75, 3.05) is 0 Å². The number of nitrogens with two attached hydrogens (primary N) is 1. The third-order valence-corrected chi connectivity index (χ3v) is 3.36. The van der Waals surface area contributed by atoms with Crippen molar-refractivity contribution in [3.63, 3.8) is 0 Å². The Kier molecular flexibility index (Phi) is 3.68. The molecule has 2 aromatic rings. The average molecular weight is 268 g/mol. The third-order valence-electron chi connectivity index (χ3n) is 3.05. The van der Waals surface area contributed by atoms with Crippen LogP contribution in [0.5, 0.6) is 0 Å². The molecule has 0 amide bonds. The zero-order chi connectivity index (χ0) is 13.3. The van der Waals surface area contributed by atoms with Gasteiger partial charge >= 0.3 is 0 Å². The maximum Gasteiger partial charge on any atom is 0.142 e. The highest BCUT2D eigenvalue weighted by molar-refractivity contribution is 6.30. The molecule has 0 aliphatic heterocycles. The fourth-order valence-electron chi connectivity index (χ4n) is 1.99. The second kappa shape index (κ2) is 5.08. The summed E-state index contributed by atoms with van der Waals surface area (Å²) in [6.07, 6.45) is 0. The minimum Gasteiger partial charge on any atom is -0.326 e. The molecule has 0 fully saturated rings. The number of hydrogen-bond acceptors (Lipinski definition) is 2. The first-order valence-corrected chi connectivity index (χ1v) is 6.07. The number of aromatic nitrogens is 2. The van der Waals surface area contributed by atoms with Crippen molar-refractivity contribution in [2.24, 2.45) is 5.73 Å². The molecule has 0 saturated heterocycles. The second-order valence-corrected chi connectivity index (χ2v) is 4.67. The summed E-state index contributed by atoms with van der Waals surface area (Å²) in [7, 11) is 0. The van der Waals surface area contributed by atoms with Crippen LogP contribution < -0.4 is 5.73 Å². The summed E-state index contributed by atoms with van der Waals surface area (Å²) in [5.74, 6) is -0.408. The zero-order valence-electron chi connectivity index (χ0n) is 10.4. The predicted octanol–water partition coefficient (Wildman–Crippen LogP) is 2.80. The Morgan fingerprint density at radius 2 is 2.11 bits per heavy atom. The molecule has 0 atom stereocenters. The monoisotopic (exact) mass is 267 g/mol. The molecule has 0 aliphatic rings. The fraction of sp³-hybridized carbons (Fsp3) is 0.308. The second-order valence-electron chi connectivity index (χ2n) is 4.26. The first-order valence-electron chi connectivity index (χ1n) is 5.69. The molecule has 0 bridgehead atoms. The van der Waals surface area contributed by atoms with Gasteiger partial charge in [0.15, 0.2) is 0 Å². The number of aryl methyl sites for hydroxylation is 1. The maximum absolute atomic E-state index is 13.4. The lowest BCUT2D eigenvalue weighted by molar-refractivity contribution is 0.616. The van der Waals surface area contributed by atoms with Gasteiger partial charge in [-0.1, -0.05) is 17.7 Å². The van der Waals surface area contributed by atoms with Crippen molar-refractivity contribution in [3.05, 3.63) is 51.6 Å². The lowest BCUT2D eigenvalue weighted by atomic mass is 10.2. The van der Waals surface area contributed by atoms with Crippen LogP contribution in [0, 0.1) is 19.7 Å². The Labute approximate surface area is 110 Å². The number of hydrogen-bond donors (Lipinski definition) is 1. The van der Waals surface area contributed by atoms with E-state index in [0.29, 0.717) is 13.1 Å². The van der Waals surface area contributed by atoms with E-state index in [1.165, 1.54) is 6.07 Å². The molecule has 18 heavy (non-hydrogen) atoms. The van der Waals surface area contributed by atoms with E-state index < -0.39 is 5.82 Å². The van der Waals surface area contributed by atoms with Gasteiger partial charge in [-0.05, 0) is 31.5 Å². The van der Waals surface area contributed by atoms with Crippen molar-refractivity contribution in [1.29, 1.82) is 0 Å². The van der Waals surface area contributed by atoms with Gasteiger partial charge in [0.1, 0.15) is 5.82 Å². The molecule has 0 saturated carbocycles. The first-order chi connectivity index (χ1) is 8.52. The zero-order valence-corrected chi connectivity index (χ0v) is 11.1. The quantitative estimate of drug-likeness (QED) is 0.929. The van der Waals surface area contributed by atoms with E-state index in [-0.39, 0.29) is 5.02 Å². The van der Waals surface area contributed by atoms with Crippen molar-refractivity contribution in [1.82, 2.24) is 9.78 Å². The molecule has 1 aromatic carbocycles. The van der Waals surface area contributed by atoms with Crippen LogP contribution in [-0.4, -0.2) is 9.78 Å². The summed E-state index contributed by atoms with van der Waals surface area (Å²) >= 11 is 5.65. The van der Waals surface area contributed by atoms with Crippen LogP contribution >= 0.6 is 11.6 Å². The Balaban J connectivity index is 2.31. The topological polar surface area (TPSA) is 43.8 Å². The van der Waals surface area contributed by atoms with E-state index in [4.69, 9.17) is 17.3 Å². The third kappa shape index (κ3) is 2.40. The van der Waals surface area contributed by atoms with Crippen LogP contribution in [0.15, 0.2) is 18.2 Å². The van der Waals surface area contributed by atoms with E-state index >= 15 is 0 Å². The molecular weight excluding hydrogens is 253 g/mol. The summed E-state index contributed by atoms with van der Waals surface area (Å²) < 4.78 is 15.2. The molecule has 1 heterocycles. The first kappa shape index (κ1) is 13.1. The smallest absolute Gasteiger partial charge is 0.142 e. The molecule has 0 unspecified atom stereocenters. The van der Waals surface area contributed by atoms with Crippen LogP contribution in [0.1, 0.15) is 22.5 Å². The standard InChI is InChI=1S/C13H15ClFN3/c1-8-11(6-16)9(2)18(17-8)7-10-3-4-12(14)13(15)5-10/h3-5H,6-7,16H2,1-2H3. The minimum atomic E-state index is -0.408. The highest BCUT2D eigenvalue weighted by Gasteiger charge is 2.10. The Morgan fingerprint density at radius 1 is 1.39 bits per heavy atom. The lowest BCUT2D eigenvalue weighted by Crippen LogP contribution is -2.05. The van der Waals surface area contributed by atoms with Gasteiger partial charge in [-0.25, -0.2) is 4.39 Å². The number of benzene rings is 1. The predicted molar refractivity (Wildman–Crippen MR) is 70.1 cm³/mol. The molecule has 5 heteroatoms. The van der Waals surface area contributed by atoms with Gasteiger partial charge < -0.3 is 5.73 Å². The Morgan fingerprint density at radius 3 is 2.67 bits per heavy atom. The van der Waals surface area contributed by atoms with Gasteiger partial charge in [0.2, 0.25) is 0 Å². The van der Waals surface area contributed by atoms with Crippen molar-refractivity contribution in [3.8, 4) is 0 Å².